The molecule has 1 aromatic heterocycles. The van der Waals surface area contributed by atoms with Gasteiger partial charge in [0.1, 0.15) is 17.5 Å². The lowest BCUT2D eigenvalue weighted by Gasteiger charge is -2.32. The molecule has 0 saturated carbocycles. The smallest absolute Gasteiger partial charge is 0.409 e. The highest BCUT2D eigenvalue weighted by atomic mass is 32.2. The maximum Gasteiger partial charge on any atom is 0.409 e. The van der Waals surface area contributed by atoms with Crippen LogP contribution in [0.4, 0.5) is 19.3 Å². The van der Waals surface area contributed by atoms with Crippen molar-refractivity contribution in [1.29, 1.82) is 0 Å². The number of nitrogens with zero attached hydrogens (tertiary/aromatic N) is 3. The van der Waals surface area contributed by atoms with E-state index in [1.807, 2.05) is 19.1 Å². The molecule has 2 aliphatic heterocycles. The van der Waals surface area contributed by atoms with Gasteiger partial charge < -0.3 is 18.9 Å². The van der Waals surface area contributed by atoms with Gasteiger partial charge in [-0.2, -0.15) is 0 Å². The summed E-state index contributed by atoms with van der Waals surface area (Å²) in [5.74, 6) is -1.87. The van der Waals surface area contributed by atoms with Gasteiger partial charge in [0, 0.05) is 12.1 Å². The van der Waals surface area contributed by atoms with Crippen molar-refractivity contribution in [2.24, 2.45) is 0 Å². The molecule has 0 spiro atoms. The quantitative estimate of drug-likeness (QED) is 0.586. The third-order valence-corrected chi connectivity index (χ3v) is 7.01. The molecule has 0 bridgehead atoms. The maximum atomic E-state index is 15.7. The highest BCUT2D eigenvalue weighted by Gasteiger charge is 2.30. The van der Waals surface area contributed by atoms with Crippen molar-refractivity contribution < 1.29 is 31.5 Å². The number of hydrogen-bond donors (Lipinski definition) is 1. The summed E-state index contributed by atoms with van der Waals surface area (Å²) in [6.45, 7) is 2.94. The number of rotatable bonds is 3. The Labute approximate surface area is 200 Å². The topological polar surface area (TPSA) is 103 Å². The molecule has 184 valence electrons. The van der Waals surface area contributed by atoms with Crippen molar-refractivity contribution in [3.8, 4) is 11.4 Å². The number of hydrogen-bond acceptors (Lipinski definition) is 6. The van der Waals surface area contributed by atoms with Crippen molar-refractivity contribution in [1.82, 2.24) is 14.5 Å². The lowest BCUT2D eigenvalue weighted by Crippen LogP contribution is -2.47. The van der Waals surface area contributed by atoms with Crippen LogP contribution in [0.3, 0.4) is 0 Å². The molecule has 0 aliphatic carbocycles. The highest BCUT2D eigenvalue weighted by molar-refractivity contribution is 7.95. The van der Waals surface area contributed by atoms with Crippen LogP contribution in [0, 0.1) is 18.6 Å². The zero-order valence-electron chi connectivity index (χ0n) is 18.9. The summed E-state index contributed by atoms with van der Waals surface area (Å²) in [4.78, 5) is 18.0. The average Bonchev–Trinajstić information content (AvgIpc) is 3.14. The largest absolute Gasteiger partial charge is 0.453 e. The molecule has 1 fully saturated rings. The van der Waals surface area contributed by atoms with Crippen molar-refractivity contribution >= 4 is 38.9 Å². The number of amides is 1. The van der Waals surface area contributed by atoms with Gasteiger partial charge in [-0.1, -0.05) is 6.07 Å². The number of ether oxygens (including phenoxy) is 2. The summed E-state index contributed by atoms with van der Waals surface area (Å²) in [5, 5.41) is 0.823. The number of methoxy groups -OCH3 is 1. The van der Waals surface area contributed by atoms with Crippen molar-refractivity contribution in [2.75, 3.05) is 31.5 Å². The molecular weight excluding hydrogens is 482 g/mol. The van der Waals surface area contributed by atoms with E-state index < -0.39 is 33.9 Å². The fourth-order valence-electron chi connectivity index (χ4n) is 4.38. The summed E-state index contributed by atoms with van der Waals surface area (Å²) in [6, 6.07) is 6.42. The molecule has 35 heavy (non-hydrogen) atoms. The summed E-state index contributed by atoms with van der Waals surface area (Å²) in [6.07, 6.45) is 0.135. The van der Waals surface area contributed by atoms with Gasteiger partial charge in [-0.3, -0.25) is 4.72 Å². The maximum absolute atomic E-state index is 15.7. The SMILES string of the molecule is COC(=O)N1CCO[C@@H](Cn2c(-c3c(F)cc4c(c3F)C=CS(=O)(=O)N4)nc3cc(C)ccc32)C1. The van der Waals surface area contributed by atoms with E-state index in [1.54, 1.807) is 10.6 Å². The van der Waals surface area contributed by atoms with Gasteiger partial charge >= 0.3 is 6.09 Å². The van der Waals surface area contributed by atoms with Gasteiger partial charge in [0.2, 0.25) is 0 Å². The third kappa shape index (κ3) is 4.23. The van der Waals surface area contributed by atoms with Crippen LogP contribution in [0.1, 0.15) is 11.1 Å². The van der Waals surface area contributed by atoms with Crippen LogP contribution in [0.2, 0.25) is 0 Å². The normalized spacial score (nSPS) is 18.9. The van der Waals surface area contributed by atoms with Crippen molar-refractivity contribution in [2.45, 2.75) is 19.6 Å². The molecule has 1 N–H and O–H groups in total. The van der Waals surface area contributed by atoms with Crippen molar-refractivity contribution in [3.63, 3.8) is 0 Å². The van der Waals surface area contributed by atoms with Gasteiger partial charge in [-0.15, -0.1) is 0 Å². The molecule has 2 aromatic carbocycles. The van der Waals surface area contributed by atoms with E-state index in [0.29, 0.717) is 17.6 Å². The molecule has 0 unspecified atom stereocenters. The molecular formula is C23H22F2N4O5S. The van der Waals surface area contributed by atoms with Crippen LogP contribution in [0.15, 0.2) is 29.7 Å². The van der Waals surface area contributed by atoms with E-state index in [0.717, 1.165) is 23.1 Å². The summed E-state index contributed by atoms with van der Waals surface area (Å²) in [7, 11) is -2.52. The van der Waals surface area contributed by atoms with Crippen LogP contribution in [0.5, 0.6) is 0 Å². The number of carbonyl (C=O) groups is 1. The first-order valence-electron chi connectivity index (χ1n) is 10.8. The minimum absolute atomic E-state index is 0.0315. The second kappa shape index (κ2) is 8.61. The fraction of sp³-hybridized carbons (Fsp3) is 0.304. The lowest BCUT2D eigenvalue weighted by atomic mass is 10.1. The van der Waals surface area contributed by atoms with E-state index >= 15 is 8.78 Å². The monoisotopic (exact) mass is 504 g/mol. The summed E-state index contributed by atoms with van der Waals surface area (Å²) >= 11 is 0. The number of imidazole rings is 1. The van der Waals surface area contributed by atoms with Crippen LogP contribution in [0.25, 0.3) is 28.5 Å². The minimum Gasteiger partial charge on any atom is -0.453 e. The predicted octanol–water partition coefficient (Wildman–Crippen LogP) is 3.48. The third-order valence-electron chi connectivity index (χ3n) is 6.01. The Bertz CT molecular complexity index is 1490. The minimum atomic E-state index is -3.82. The molecule has 0 radical (unpaired) electrons. The molecule has 12 heteroatoms. The van der Waals surface area contributed by atoms with Crippen LogP contribution >= 0.6 is 0 Å². The summed E-state index contributed by atoms with van der Waals surface area (Å²) in [5.41, 5.74) is 1.43. The molecule has 5 rings (SSSR count). The number of aryl methyl sites for hydroxylation is 1. The van der Waals surface area contributed by atoms with E-state index in [9.17, 15) is 13.2 Å². The van der Waals surface area contributed by atoms with Gasteiger partial charge in [-0.25, -0.2) is 27.0 Å². The molecule has 2 aliphatic rings. The number of benzene rings is 2. The first kappa shape index (κ1) is 23.2. The Morgan fingerprint density at radius 3 is 2.89 bits per heavy atom. The lowest BCUT2D eigenvalue weighted by molar-refractivity contribution is -0.0310. The van der Waals surface area contributed by atoms with Gasteiger partial charge in [-0.05, 0) is 36.8 Å². The zero-order chi connectivity index (χ0) is 24.9. The summed E-state index contributed by atoms with van der Waals surface area (Å²) < 4.78 is 69.0. The molecule has 3 heterocycles. The average molecular weight is 505 g/mol. The first-order chi connectivity index (χ1) is 16.7. The van der Waals surface area contributed by atoms with Gasteiger partial charge in [0.15, 0.2) is 0 Å². The van der Waals surface area contributed by atoms with Crippen LogP contribution < -0.4 is 4.72 Å². The Morgan fingerprint density at radius 1 is 1.31 bits per heavy atom. The van der Waals surface area contributed by atoms with E-state index in [-0.39, 0.29) is 42.3 Å². The number of sulfonamides is 1. The van der Waals surface area contributed by atoms with Gasteiger partial charge in [0.25, 0.3) is 10.0 Å². The van der Waals surface area contributed by atoms with E-state index in [1.165, 1.54) is 12.0 Å². The van der Waals surface area contributed by atoms with Crippen LogP contribution in [-0.4, -0.2) is 61.9 Å². The molecule has 1 amide bonds. The molecule has 3 aromatic rings. The number of anilines is 1. The fourth-order valence-corrected chi connectivity index (χ4v) is 5.23. The highest BCUT2D eigenvalue weighted by Crippen LogP contribution is 2.37. The Hall–Kier alpha value is -3.51. The number of halogens is 2. The Balaban J connectivity index is 1.63. The molecule has 9 nitrogen and oxygen atoms in total. The Morgan fingerprint density at radius 2 is 2.11 bits per heavy atom. The van der Waals surface area contributed by atoms with Crippen molar-refractivity contribution in [3.05, 3.63) is 52.4 Å². The number of nitrogens with one attached hydrogen (secondary N) is 1. The molecule has 1 atom stereocenters. The first-order valence-corrected chi connectivity index (χ1v) is 12.4. The number of morpholine rings is 1. The van der Waals surface area contributed by atoms with E-state index in [4.69, 9.17) is 9.47 Å². The van der Waals surface area contributed by atoms with E-state index in [2.05, 4.69) is 9.71 Å². The van der Waals surface area contributed by atoms with Crippen LogP contribution in [-0.2, 0) is 26.0 Å². The molecule has 1 saturated heterocycles. The predicted molar refractivity (Wildman–Crippen MR) is 125 cm³/mol. The number of aromatic nitrogens is 2. The zero-order valence-corrected chi connectivity index (χ0v) is 19.7. The second-order valence-corrected chi connectivity index (χ2v) is 9.97. The Kier molecular flexibility index (Phi) is 5.72. The standard InChI is InChI=1S/C23H22F2N4O5S/c1-13-3-4-19-18(9-13)26-22(29(19)12-14-11-28(6-7-34-14)23(30)33-2)20-16(24)10-17-15(21(20)25)5-8-35(31,32)27-17/h3-5,8-10,14,27H,6-7,11-12H2,1-2H3/t14-/m1/s1. The number of fused-ring (bicyclic) bond motifs is 2. The second-order valence-electron chi connectivity index (χ2n) is 8.41. The number of carbonyl (C=O) groups excluding carboxylic acids is 1. The van der Waals surface area contributed by atoms with Gasteiger partial charge in [0.05, 0.1) is 60.6 Å².